The van der Waals surface area contributed by atoms with Gasteiger partial charge in [0.1, 0.15) is 0 Å². The van der Waals surface area contributed by atoms with Gasteiger partial charge in [0.2, 0.25) is 5.91 Å². The zero-order valence-electron chi connectivity index (χ0n) is 15.9. The summed E-state index contributed by atoms with van der Waals surface area (Å²) in [5.74, 6) is 0.899. The Morgan fingerprint density at radius 2 is 1.89 bits per heavy atom. The normalized spacial score (nSPS) is 13.0. The number of nitrogens with zero attached hydrogens (tertiary/aromatic N) is 2. The lowest BCUT2D eigenvalue weighted by Crippen LogP contribution is -2.40. The Kier molecular flexibility index (Phi) is 8.09. The molecule has 0 saturated carbocycles. The third-order valence-corrected chi connectivity index (χ3v) is 4.41. The average molecular weight is 478 g/mol. The lowest BCUT2D eigenvalue weighted by molar-refractivity contribution is -0.114. The first-order valence-electron chi connectivity index (χ1n) is 9.17. The predicted octanol–water partition coefficient (Wildman–Crippen LogP) is 3.83. The Bertz CT molecular complexity index is 789. The minimum absolute atomic E-state index is 0. The van der Waals surface area contributed by atoms with Crippen molar-refractivity contribution in [2.45, 2.75) is 26.7 Å². The molecule has 2 aromatic rings. The van der Waals surface area contributed by atoms with Crippen LogP contribution >= 0.6 is 24.0 Å². The first kappa shape index (κ1) is 21.2. The molecule has 0 atom stereocenters. The highest BCUT2D eigenvalue weighted by atomic mass is 127. The highest BCUT2D eigenvalue weighted by molar-refractivity contribution is 14.0. The molecular formula is C21H27IN4O. The number of carbonyl (C=O) groups is 1. The van der Waals surface area contributed by atoms with Gasteiger partial charge in [-0.1, -0.05) is 30.3 Å². The van der Waals surface area contributed by atoms with Gasteiger partial charge in [-0.3, -0.25) is 9.79 Å². The number of aliphatic imine (C=N–C) groups is 1. The van der Waals surface area contributed by atoms with Gasteiger partial charge in [-0.2, -0.15) is 0 Å². The standard InChI is InChI=1S/C21H26N4O.HI/c1-3-22-21(25-15-13-18-6-4-5-7-20(18)25)23-14-12-17-8-10-19(11-9-17)24-16(2)26;/h4-11H,3,12-15H2,1-2H3,(H,22,23)(H,24,26);1H. The van der Waals surface area contributed by atoms with E-state index in [2.05, 4.69) is 46.7 Å². The van der Waals surface area contributed by atoms with E-state index in [1.807, 2.05) is 24.3 Å². The van der Waals surface area contributed by atoms with Crippen LogP contribution in [0.15, 0.2) is 53.5 Å². The van der Waals surface area contributed by atoms with E-state index < -0.39 is 0 Å². The number of hydrogen-bond donors (Lipinski definition) is 2. The van der Waals surface area contributed by atoms with Gasteiger partial charge in [0.25, 0.3) is 0 Å². The minimum atomic E-state index is -0.0523. The number of carbonyl (C=O) groups excluding carboxylic acids is 1. The quantitative estimate of drug-likeness (QED) is 0.390. The molecular weight excluding hydrogens is 451 g/mol. The molecule has 0 fully saturated rings. The molecule has 0 aliphatic carbocycles. The number of hydrogen-bond acceptors (Lipinski definition) is 2. The number of guanidine groups is 1. The number of nitrogens with one attached hydrogen (secondary N) is 2. The number of benzene rings is 2. The number of para-hydroxylation sites is 1. The lowest BCUT2D eigenvalue weighted by atomic mass is 10.1. The van der Waals surface area contributed by atoms with Crippen LogP contribution in [0.3, 0.4) is 0 Å². The summed E-state index contributed by atoms with van der Waals surface area (Å²) < 4.78 is 0. The van der Waals surface area contributed by atoms with E-state index in [0.717, 1.165) is 44.1 Å². The third-order valence-electron chi connectivity index (χ3n) is 4.41. The molecule has 1 heterocycles. The number of amides is 1. The zero-order valence-corrected chi connectivity index (χ0v) is 18.2. The number of halogens is 1. The smallest absolute Gasteiger partial charge is 0.221 e. The predicted molar refractivity (Wildman–Crippen MR) is 123 cm³/mol. The SMILES string of the molecule is CCNC(=NCCc1ccc(NC(C)=O)cc1)N1CCc2ccccc21.I. The van der Waals surface area contributed by atoms with Crippen molar-refractivity contribution in [3.63, 3.8) is 0 Å². The van der Waals surface area contributed by atoms with Crippen LogP contribution in [0.4, 0.5) is 11.4 Å². The molecule has 0 saturated heterocycles. The van der Waals surface area contributed by atoms with E-state index in [-0.39, 0.29) is 29.9 Å². The fraction of sp³-hybridized carbons (Fsp3) is 0.333. The molecule has 5 nitrogen and oxygen atoms in total. The molecule has 144 valence electrons. The van der Waals surface area contributed by atoms with Crippen molar-refractivity contribution in [2.24, 2.45) is 4.99 Å². The number of fused-ring (bicyclic) bond motifs is 1. The van der Waals surface area contributed by atoms with Crippen LogP contribution < -0.4 is 15.5 Å². The van der Waals surface area contributed by atoms with Crippen LogP contribution in [-0.2, 0) is 17.6 Å². The molecule has 27 heavy (non-hydrogen) atoms. The molecule has 0 radical (unpaired) electrons. The second-order valence-corrected chi connectivity index (χ2v) is 6.39. The molecule has 0 unspecified atom stereocenters. The molecule has 3 rings (SSSR count). The van der Waals surface area contributed by atoms with Gasteiger partial charge in [-0.15, -0.1) is 24.0 Å². The highest BCUT2D eigenvalue weighted by Crippen LogP contribution is 2.27. The lowest BCUT2D eigenvalue weighted by Gasteiger charge is -2.22. The zero-order chi connectivity index (χ0) is 18.4. The van der Waals surface area contributed by atoms with Crippen molar-refractivity contribution in [1.82, 2.24) is 5.32 Å². The fourth-order valence-corrected chi connectivity index (χ4v) is 3.20. The van der Waals surface area contributed by atoms with E-state index in [9.17, 15) is 4.79 Å². The monoisotopic (exact) mass is 478 g/mol. The minimum Gasteiger partial charge on any atom is -0.356 e. The van der Waals surface area contributed by atoms with Gasteiger partial charge in [-0.05, 0) is 49.1 Å². The summed E-state index contributed by atoms with van der Waals surface area (Å²) in [7, 11) is 0. The first-order chi connectivity index (χ1) is 12.7. The first-order valence-corrected chi connectivity index (χ1v) is 9.17. The number of anilines is 2. The average Bonchev–Trinajstić information content (AvgIpc) is 3.06. The molecule has 1 aliphatic heterocycles. The maximum atomic E-state index is 11.1. The molecule has 2 aromatic carbocycles. The largest absolute Gasteiger partial charge is 0.356 e. The van der Waals surface area contributed by atoms with Crippen molar-refractivity contribution >= 4 is 47.2 Å². The Balaban J connectivity index is 0.00000261. The van der Waals surface area contributed by atoms with Crippen molar-refractivity contribution in [2.75, 3.05) is 29.9 Å². The van der Waals surface area contributed by atoms with Crippen LogP contribution in [0.1, 0.15) is 25.0 Å². The topological polar surface area (TPSA) is 56.7 Å². The Hall–Kier alpha value is -2.09. The second kappa shape index (κ2) is 10.3. The molecule has 0 aromatic heterocycles. The molecule has 0 bridgehead atoms. The summed E-state index contributed by atoms with van der Waals surface area (Å²) in [5, 5.41) is 6.20. The summed E-state index contributed by atoms with van der Waals surface area (Å²) in [6.07, 6.45) is 1.93. The Morgan fingerprint density at radius 1 is 1.15 bits per heavy atom. The third kappa shape index (κ3) is 5.69. The molecule has 1 amide bonds. The maximum absolute atomic E-state index is 11.1. The Morgan fingerprint density at radius 3 is 2.59 bits per heavy atom. The summed E-state index contributed by atoms with van der Waals surface area (Å²) in [6.45, 7) is 6.15. The van der Waals surface area contributed by atoms with Crippen molar-refractivity contribution in [3.05, 3.63) is 59.7 Å². The van der Waals surface area contributed by atoms with Crippen LogP contribution in [-0.4, -0.2) is 31.5 Å². The van der Waals surface area contributed by atoms with Gasteiger partial charge in [0.05, 0.1) is 0 Å². The van der Waals surface area contributed by atoms with Crippen LogP contribution in [0, 0.1) is 0 Å². The summed E-state index contributed by atoms with van der Waals surface area (Å²) in [4.78, 5) is 18.2. The molecule has 2 N–H and O–H groups in total. The fourth-order valence-electron chi connectivity index (χ4n) is 3.20. The van der Waals surface area contributed by atoms with Gasteiger partial charge < -0.3 is 15.5 Å². The molecule has 1 aliphatic rings. The van der Waals surface area contributed by atoms with E-state index in [1.54, 1.807) is 0 Å². The van der Waals surface area contributed by atoms with E-state index in [0.29, 0.717) is 0 Å². The van der Waals surface area contributed by atoms with Crippen molar-refractivity contribution in [3.8, 4) is 0 Å². The Labute approximate surface area is 178 Å². The number of rotatable bonds is 5. The van der Waals surface area contributed by atoms with Gasteiger partial charge in [0.15, 0.2) is 5.96 Å². The van der Waals surface area contributed by atoms with Gasteiger partial charge >= 0.3 is 0 Å². The van der Waals surface area contributed by atoms with Crippen molar-refractivity contribution in [1.29, 1.82) is 0 Å². The van der Waals surface area contributed by atoms with Crippen molar-refractivity contribution < 1.29 is 4.79 Å². The van der Waals surface area contributed by atoms with E-state index in [4.69, 9.17) is 4.99 Å². The van der Waals surface area contributed by atoms with E-state index in [1.165, 1.54) is 23.7 Å². The summed E-state index contributed by atoms with van der Waals surface area (Å²) in [6, 6.07) is 16.5. The van der Waals surface area contributed by atoms with Crippen LogP contribution in [0.5, 0.6) is 0 Å². The van der Waals surface area contributed by atoms with Gasteiger partial charge in [0, 0.05) is 37.9 Å². The highest BCUT2D eigenvalue weighted by Gasteiger charge is 2.22. The van der Waals surface area contributed by atoms with Crippen LogP contribution in [0.2, 0.25) is 0 Å². The summed E-state index contributed by atoms with van der Waals surface area (Å²) in [5.41, 5.74) is 4.67. The maximum Gasteiger partial charge on any atom is 0.221 e. The van der Waals surface area contributed by atoms with E-state index >= 15 is 0 Å². The van der Waals surface area contributed by atoms with Gasteiger partial charge in [-0.25, -0.2) is 0 Å². The van der Waals surface area contributed by atoms with Crippen LogP contribution in [0.25, 0.3) is 0 Å². The summed E-state index contributed by atoms with van der Waals surface area (Å²) >= 11 is 0. The second-order valence-electron chi connectivity index (χ2n) is 6.39. The molecule has 0 spiro atoms. The molecule has 6 heteroatoms.